The number of carbonyl (C=O) groups is 1. The first-order valence-electron chi connectivity index (χ1n) is 7.29. The van der Waals surface area contributed by atoms with Gasteiger partial charge in [-0.15, -0.1) is 0 Å². The van der Waals surface area contributed by atoms with Crippen LogP contribution in [0.3, 0.4) is 0 Å². The maximum atomic E-state index is 12.2. The van der Waals surface area contributed by atoms with Crippen LogP contribution in [0.5, 0.6) is 5.75 Å². The third-order valence-corrected chi connectivity index (χ3v) is 3.69. The first kappa shape index (κ1) is 16.1. The minimum atomic E-state index is -0.238. The summed E-state index contributed by atoms with van der Waals surface area (Å²) in [5.74, 6) is 0.860. The Morgan fingerprint density at radius 2 is 2.04 bits per heavy atom. The van der Waals surface area contributed by atoms with E-state index >= 15 is 0 Å². The summed E-state index contributed by atoms with van der Waals surface area (Å²) in [5.41, 5.74) is 1.90. The fourth-order valence-corrected chi connectivity index (χ4v) is 2.35. The molecule has 3 aromatic rings. The van der Waals surface area contributed by atoms with Crippen molar-refractivity contribution in [2.45, 2.75) is 6.42 Å². The normalized spacial score (nSPS) is 10.4. The molecule has 0 bridgehead atoms. The van der Waals surface area contributed by atoms with Gasteiger partial charge >= 0.3 is 0 Å². The molecule has 1 amide bonds. The summed E-state index contributed by atoms with van der Waals surface area (Å²) in [5, 5.41) is 3.19. The highest BCUT2D eigenvalue weighted by Crippen LogP contribution is 2.27. The molecule has 0 unspecified atom stereocenters. The van der Waals surface area contributed by atoms with E-state index in [4.69, 9.17) is 20.8 Å². The standard InChI is InChI=1S/C18H15ClN2O3/c1-23-14-7-8-15(19)16(10-14)21-17(22)9-13-11-24-18(20-13)12-5-3-2-4-6-12/h2-8,10-11H,9H2,1H3,(H,21,22). The first-order chi connectivity index (χ1) is 11.7. The Morgan fingerprint density at radius 1 is 1.25 bits per heavy atom. The Morgan fingerprint density at radius 3 is 2.79 bits per heavy atom. The molecule has 0 saturated heterocycles. The van der Waals surface area contributed by atoms with Crippen molar-refractivity contribution >= 4 is 23.2 Å². The minimum Gasteiger partial charge on any atom is -0.497 e. The molecule has 2 aromatic carbocycles. The molecule has 24 heavy (non-hydrogen) atoms. The van der Waals surface area contributed by atoms with Gasteiger partial charge in [0.1, 0.15) is 12.0 Å². The van der Waals surface area contributed by atoms with E-state index in [0.717, 1.165) is 5.56 Å². The number of anilines is 1. The van der Waals surface area contributed by atoms with E-state index < -0.39 is 0 Å². The van der Waals surface area contributed by atoms with Crippen molar-refractivity contribution in [3.05, 3.63) is 65.5 Å². The number of hydrogen-bond donors (Lipinski definition) is 1. The summed E-state index contributed by atoms with van der Waals surface area (Å²) in [4.78, 5) is 16.5. The molecule has 0 fully saturated rings. The van der Waals surface area contributed by atoms with Crippen LogP contribution in [0.2, 0.25) is 5.02 Å². The number of rotatable bonds is 5. The molecule has 0 saturated carbocycles. The zero-order valence-electron chi connectivity index (χ0n) is 13.0. The Labute approximate surface area is 144 Å². The van der Waals surface area contributed by atoms with Crippen LogP contribution in [0.1, 0.15) is 5.69 Å². The number of oxazole rings is 1. The average molecular weight is 343 g/mol. The highest BCUT2D eigenvalue weighted by Gasteiger charge is 2.12. The zero-order valence-corrected chi connectivity index (χ0v) is 13.7. The molecule has 0 atom stereocenters. The SMILES string of the molecule is COc1ccc(Cl)c(NC(=O)Cc2coc(-c3ccccc3)n2)c1. The summed E-state index contributed by atoms with van der Waals surface area (Å²) in [6, 6.07) is 14.6. The summed E-state index contributed by atoms with van der Waals surface area (Å²) >= 11 is 6.08. The monoisotopic (exact) mass is 342 g/mol. The van der Waals surface area contributed by atoms with Gasteiger partial charge in [0, 0.05) is 11.6 Å². The number of amides is 1. The highest BCUT2D eigenvalue weighted by molar-refractivity contribution is 6.33. The molecule has 1 N–H and O–H groups in total. The lowest BCUT2D eigenvalue weighted by Crippen LogP contribution is -2.15. The lowest BCUT2D eigenvalue weighted by molar-refractivity contribution is -0.115. The predicted molar refractivity (Wildman–Crippen MR) is 92.3 cm³/mol. The maximum Gasteiger partial charge on any atom is 0.230 e. The molecule has 1 aromatic heterocycles. The second-order valence-electron chi connectivity index (χ2n) is 5.08. The van der Waals surface area contributed by atoms with Gasteiger partial charge in [-0.05, 0) is 24.3 Å². The van der Waals surface area contributed by atoms with Gasteiger partial charge in [-0.3, -0.25) is 4.79 Å². The highest BCUT2D eigenvalue weighted by atomic mass is 35.5. The Hall–Kier alpha value is -2.79. The molecule has 0 aliphatic rings. The summed E-state index contributed by atoms with van der Waals surface area (Å²) in [6.07, 6.45) is 1.57. The predicted octanol–water partition coefficient (Wildman–Crippen LogP) is 4.18. The summed E-state index contributed by atoms with van der Waals surface area (Å²) < 4.78 is 10.5. The molecular weight excluding hydrogens is 328 g/mol. The van der Waals surface area contributed by atoms with Gasteiger partial charge < -0.3 is 14.5 Å². The van der Waals surface area contributed by atoms with Crippen molar-refractivity contribution in [2.75, 3.05) is 12.4 Å². The molecular formula is C18H15ClN2O3. The van der Waals surface area contributed by atoms with Crippen LogP contribution in [0.15, 0.2) is 59.2 Å². The topological polar surface area (TPSA) is 64.4 Å². The van der Waals surface area contributed by atoms with Crippen LogP contribution in [0.4, 0.5) is 5.69 Å². The molecule has 3 rings (SSSR count). The van der Waals surface area contributed by atoms with E-state index in [9.17, 15) is 4.79 Å². The third-order valence-electron chi connectivity index (χ3n) is 3.36. The van der Waals surface area contributed by atoms with Crippen molar-refractivity contribution in [1.82, 2.24) is 4.98 Å². The van der Waals surface area contributed by atoms with Crippen molar-refractivity contribution in [1.29, 1.82) is 0 Å². The van der Waals surface area contributed by atoms with E-state index in [1.807, 2.05) is 30.3 Å². The maximum absolute atomic E-state index is 12.2. The number of methoxy groups -OCH3 is 1. The van der Waals surface area contributed by atoms with Crippen molar-refractivity contribution in [2.24, 2.45) is 0 Å². The minimum absolute atomic E-state index is 0.0872. The lowest BCUT2D eigenvalue weighted by Gasteiger charge is -2.08. The fourth-order valence-electron chi connectivity index (χ4n) is 2.19. The number of benzene rings is 2. The van der Waals surface area contributed by atoms with E-state index in [1.54, 1.807) is 25.3 Å². The van der Waals surface area contributed by atoms with Gasteiger partial charge in [-0.2, -0.15) is 0 Å². The van der Waals surface area contributed by atoms with E-state index in [1.165, 1.54) is 6.26 Å². The quantitative estimate of drug-likeness (QED) is 0.755. The van der Waals surface area contributed by atoms with Gasteiger partial charge in [0.15, 0.2) is 0 Å². The molecule has 122 valence electrons. The van der Waals surface area contributed by atoms with Gasteiger partial charge in [0.2, 0.25) is 11.8 Å². The van der Waals surface area contributed by atoms with E-state index in [2.05, 4.69) is 10.3 Å². The van der Waals surface area contributed by atoms with Gasteiger partial charge in [-0.1, -0.05) is 29.8 Å². The Bertz CT molecular complexity index is 846. The van der Waals surface area contributed by atoms with Crippen LogP contribution in [-0.4, -0.2) is 18.0 Å². The third kappa shape index (κ3) is 3.75. The number of carbonyl (C=O) groups excluding carboxylic acids is 1. The number of aromatic nitrogens is 1. The molecule has 0 spiro atoms. The average Bonchev–Trinajstić information content (AvgIpc) is 3.06. The molecule has 6 heteroatoms. The smallest absolute Gasteiger partial charge is 0.230 e. The van der Waals surface area contributed by atoms with E-state index in [0.29, 0.717) is 28.0 Å². The number of hydrogen-bond acceptors (Lipinski definition) is 4. The second kappa shape index (κ2) is 7.19. The number of ether oxygens (including phenoxy) is 1. The first-order valence-corrected chi connectivity index (χ1v) is 7.66. The van der Waals surface area contributed by atoms with Gasteiger partial charge in [0.05, 0.1) is 29.9 Å². The zero-order chi connectivity index (χ0) is 16.9. The molecule has 0 aliphatic carbocycles. The van der Waals surface area contributed by atoms with Crippen LogP contribution >= 0.6 is 11.6 Å². The molecule has 1 heterocycles. The second-order valence-corrected chi connectivity index (χ2v) is 5.49. The Kier molecular flexibility index (Phi) is 4.82. The number of nitrogens with one attached hydrogen (secondary N) is 1. The summed E-state index contributed by atoms with van der Waals surface area (Å²) in [6.45, 7) is 0. The lowest BCUT2D eigenvalue weighted by atomic mass is 10.2. The fraction of sp³-hybridized carbons (Fsp3) is 0.111. The van der Waals surface area contributed by atoms with Crippen molar-refractivity contribution in [3.63, 3.8) is 0 Å². The van der Waals surface area contributed by atoms with Crippen LogP contribution in [0.25, 0.3) is 11.5 Å². The van der Waals surface area contributed by atoms with E-state index in [-0.39, 0.29) is 12.3 Å². The molecule has 0 aliphatic heterocycles. The molecule has 0 radical (unpaired) electrons. The Balaban J connectivity index is 1.69. The van der Waals surface area contributed by atoms with Gasteiger partial charge in [0.25, 0.3) is 0 Å². The molecule has 5 nitrogen and oxygen atoms in total. The number of halogens is 1. The summed E-state index contributed by atoms with van der Waals surface area (Å²) in [7, 11) is 1.55. The number of nitrogens with zero attached hydrogens (tertiary/aromatic N) is 1. The van der Waals surface area contributed by atoms with Crippen molar-refractivity contribution < 1.29 is 13.9 Å². The largest absolute Gasteiger partial charge is 0.497 e. The van der Waals surface area contributed by atoms with Crippen LogP contribution in [0, 0.1) is 0 Å². The van der Waals surface area contributed by atoms with Crippen LogP contribution in [-0.2, 0) is 11.2 Å². The van der Waals surface area contributed by atoms with Crippen molar-refractivity contribution in [3.8, 4) is 17.2 Å². The van der Waals surface area contributed by atoms with Crippen LogP contribution < -0.4 is 10.1 Å². The van der Waals surface area contributed by atoms with Gasteiger partial charge in [-0.25, -0.2) is 4.98 Å².